The number of piperazine rings is 1. The summed E-state index contributed by atoms with van der Waals surface area (Å²) in [4.78, 5) is 3.09. The molecular formula is C12H19N3O2S3. The lowest BCUT2D eigenvalue weighted by atomic mass is 10.1. The van der Waals surface area contributed by atoms with Crippen LogP contribution in [-0.2, 0) is 10.0 Å². The third-order valence-electron chi connectivity index (χ3n) is 3.63. The molecular weight excluding hydrogens is 314 g/mol. The van der Waals surface area contributed by atoms with Crippen molar-refractivity contribution in [3.8, 4) is 0 Å². The van der Waals surface area contributed by atoms with E-state index in [0.717, 1.165) is 24.3 Å². The van der Waals surface area contributed by atoms with E-state index in [1.54, 1.807) is 16.4 Å². The summed E-state index contributed by atoms with van der Waals surface area (Å²) in [6.45, 7) is 3.89. The fraction of sp³-hybridized carbons (Fsp3) is 0.583. The number of thiophene rings is 1. The number of rotatable bonds is 4. The highest BCUT2D eigenvalue weighted by Crippen LogP contribution is 2.26. The first-order valence-electron chi connectivity index (χ1n) is 6.46. The SMILES string of the molecule is CCC1CN(S(=O)(=O)c2ccc(C(N)=S)s2)CCN1C. The first-order valence-corrected chi connectivity index (χ1v) is 9.12. The largest absolute Gasteiger partial charge is 0.389 e. The number of hydrogen-bond donors (Lipinski definition) is 1. The second kappa shape index (κ2) is 6.07. The molecule has 1 saturated heterocycles. The van der Waals surface area contributed by atoms with E-state index >= 15 is 0 Å². The average molecular weight is 334 g/mol. The Bertz CT molecular complexity index is 597. The van der Waals surface area contributed by atoms with Crippen LogP contribution in [0.15, 0.2) is 16.3 Å². The van der Waals surface area contributed by atoms with Crippen LogP contribution in [-0.4, -0.2) is 55.3 Å². The standard InChI is InChI=1S/C12H19N3O2S3/c1-3-9-8-15(7-6-14(9)2)20(16,17)11-5-4-10(19-11)12(13)18/h4-5,9H,3,6-8H2,1-2H3,(H2,13,18). The molecule has 1 unspecified atom stereocenters. The topological polar surface area (TPSA) is 66.6 Å². The molecule has 2 heterocycles. The lowest BCUT2D eigenvalue weighted by Crippen LogP contribution is -2.52. The van der Waals surface area contributed by atoms with Crippen molar-refractivity contribution in [2.24, 2.45) is 5.73 Å². The molecule has 5 nitrogen and oxygen atoms in total. The van der Waals surface area contributed by atoms with Gasteiger partial charge in [0.25, 0.3) is 10.0 Å². The van der Waals surface area contributed by atoms with Crippen molar-refractivity contribution in [2.45, 2.75) is 23.6 Å². The Hall–Kier alpha value is -0.540. The van der Waals surface area contributed by atoms with Gasteiger partial charge in [-0.2, -0.15) is 4.31 Å². The van der Waals surface area contributed by atoms with Gasteiger partial charge in [0, 0.05) is 25.7 Å². The number of sulfonamides is 1. The summed E-state index contributed by atoms with van der Waals surface area (Å²) in [5.41, 5.74) is 5.54. The fourth-order valence-electron chi connectivity index (χ4n) is 2.30. The molecule has 20 heavy (non-hydrogen) atoms. The Labute approximate surface area is 129 Å². The second-order valence-corrected chi connectivity index (χ2v) is 8.58. The van der Waals surface area contributed by atoms with Gasteiger partial charge in [0.05, 0.1) is 4.88 Å². The molecule has 0 bridgehead atoms. The van der Waals surface area contributed by atoms with Crippen LogP contribution in [0.25, 0.3) is 0 Å². The first kappa shape index (κ1) is 15.8. The Morgan fingerprint density at radius 2 is 2.20 bits per heavy atom. The maximum Gasteiger partial charge on any atom is 0.252 e. The van der Waals surface area contributed by atoms with Crippen molar-refractivity contribution in [1.29, 1.82) is 0 Å². The molecule has 1 aromatic heterocycles. The minimum Gasteiger partial charge on any atom is -0.389 e. The maximum absolute atomic E-state index is 12.6. The molecule has 0 radical (unpaired) electrons. The first-order chi connectivity index (χ1) is 9.36. The molecule has 1 aliphatic heterocycles. The Morgan fingerprint density at radius 3 is 2.75 bits per heavy atom. The van der Waals surface area contributed by atoms with Crippen LogP contribution in [0.4, 0.5) is 0 Å². The molecule has 0 saturated carbocycles. The minimum absolute atomic E-state index is 0.237. The molecule has 1 aromatic rings. The van der Waals surface area contributed by atoms with Gasteiger partial charge in [-0.15, -0.1) is 11.3 Å². The zero-order valence-electron chi connectivity index (χ0n) is 11.6. The molecule has 0 amide bonds. The Kier molecular flexibility index (Phi) is 4.80. The number of nitrogens with two attached hydrogens (primary N) is 1. The quantitative estimate of drug-likeness (QED) is 0.836. The van der Waals surface area contributed by atoms with E-state index in [1.807, 2.05) is 7.05 Å². The van der Waals surface area contributed by atoms with E-state index in [1.165, 1.54) is 0 Å². The maximum atomic E-state index is 12.6. The molecule has 1 fully saturated rings. The summed E-state index contributed by atoms with van der Waals surface area (Å²) in [5.74, 6) is 0. The van der Waals surface area contributed by atoms with Crippen molar-refractivity contribution in [3.63, 3.8) is 0 Å². The summed E-state index contributed by atoms with van der Waals surface area (Å²) in [6.07, 6.45) is 0.936. The third kappa shape index (κ3) is 3.04. The van der Waals surface area contributed by atoms with Crippen LogP contribution >= 0.6 is 23.6 Å². The summed E-state index contributed by atoms with van der Waals surface area (Å²) in [5, 5.41) is 0. The smallest absolute Gasteiger partial charge is 0.252 e. The van der Waals surface area contributed by atoms with Gasteiger partial charge >= 0.3 is 0 Å². The summed E-state index contributed by atoms with van der Waals surface area (Å²) >= 11 is 6.02. The van der Waals surface area contributed by atoms with Gasteiger partial charge in [-0.25, -0.2) is 8.42 Å². The van der Waals surface area contributed by atoms with Crippen LogP contribution in [0.1, 0.15) is 18.2 Å². The zero-order chi connectivity index (χ0) is 14.9. The summed E-state index contributed by atoms with van der Waals surface area (Å²) < 4.78 is 27.1. The van der Waals surface area contributed by atoms with Crippen molar-refractivity contribution in [3.05, 3.63) is 17.0 Å². The van der Waals surface area contributed by atoms with E-state index in [4.69, 9.17) is 18.0 Å². The lowest BCUT2D eigenvalue weighted by molar-refractivity contribution is 0.144. The number of nitrogens with zero attached hydrogens (tertiary/aromatic N) is 2. The number of thiocarbonyl (C=S) groups is 1. The van der Waals surface area contributed by atoms with Crippen LogP contribution in [0.3, 0.4) is 0 Å². The van der Waals surface area contributed by atoms with Gasteiger partial charge < -0.3 is 10.6 Å². The molecule has 112 valence electrons. The predicted molar refractivity (Wildman–Crippen MR) is 85.7 cm³/mol. The minimum atomic E-state index is -3.43. The molecule has 8 heteroatoms. The van der Waals surface area contributed by atoms with Crippen molar-refractivity contribution < 1.29 is 8.42 Å². The number of likely N-dealkylation sites (N-methyl/N-ethyl adjacent to an activating group) is 1. The van der Waals surface area contributed by atoms with Gasteiger partial charge in [-0.3, -0.25) is 0 Å². The Morgan fingerprint density at radius 1 is 1.50 bits per heavy atom. The van der Waals surface area contributed by atoms with E-state index in [9.17, 15) is 8.42 Å². The van der Waals surface area contributed by atoms with E-state index < -0.39 is 10.0 Å². The van der Waals surface area contributed by atoms with Crippen molar-refractivity contribution >= 4 is 38.6 Å². The third-order valence-corrected chi connectivity index (χ3v) is 7.43. The molecule has 2 N–H and O–H groups in total. The fourth-order valence-corrected chi connectivity index (χ4v) is 5.27. The van der Waals surface area contributed by atoms with Gasteiger partial charge in [-0.1, -0.05) is 19.1 Å². The normalized spacial score (nSPS) is 22.0. The van der Waals surface area contributed by atoms with Crippen molar-refractivity contribution in [1.82, 2.24) is 9.21 Å². The molecule has 1 atom stereocenters. The van der Waals surface area contributed by atoms with Crippen LogP contribution in [0.2, 0.25) is 0 Å². The predicted octanol–water partition coefficient (Wildman–Crippen LogP) is 1.10. The van der Waals surface area contributed by atoms with E-state index in [0.29, 0.717) is 22.2 Å². The average Bonchev–Trinajstić information content (AvgIpc) is 2.89. The van der Waals surface area contributed by atoms with E-state index in [2.05, 4.69) is 11.8 Å². The summed E-state index contributed by atoms with van der Waals surface area (Å²) in [6, 6.07) is 3.54. The molecule has 1 aliphatic rings. The monoisotopic (exact) mass is 333 g/mol. The molecule has 0 spiro atoms. The van der Waals surface area contributed by atoms with Crippen LogP contribution < -0.4 is 5.73 Å². The highest BCUT2D eigenvalue weighted by Gasteiger charge is 2.32. The zero-order valence-corrected chi connectivity index (χ0v) is 14.0. The van der Waals surface area contributed by atoms with Crippen molar-refractivity contribution in [2.75, 3.05) is 26.7 Å². The van der Waals surface area contributed by atoms with Gasteiger partial charge in [-0.05, 0) is 25.6 Å². The van der Waals surface area contributed by atoms with Gasteiger partial charge in [0.2, 0.25) is 0 Å². The van der Waals surface area contributed by atoms with Crippen LogP contribution in [0.5, 0.6) is 0 Å². The molecule has 0 aromatic carbocycles. The van der Waals surface area contributed by atoms with Gasteiger partial charge in [0.15, 0.2) is 0 Å². The Balaban J connectivity index is 2.23. The second-order valence-electron chi connectivity index (χ2n) is 4.89. The van der Waals surface area contributed by atoms with Gasteiger partial charge in [0.1, 0.15) is 9.20 Å². The van der Waals surface area contributed by atoms with E-state index in [-0.39, 0.29) is 11.0 Å². The summed E-state index contributed by atoms with van der Waals surface area (Å²) in [7, 11) is -1.40. The number of hydrogen-bond acceptors (Lipinski definition) is 5. The molecule has 0 aliphatic carbocycles. The molecule has 2 rings (SSSR count). The highest BCUT2D eigenvalue weighted by atomic mass is 32.2. The lowest BCUT2D eigenvalue weighted by Gasteiger charge is -2.38. The van der Waals surface area contributed by atoms with Crippen LogP contribution in [0, 0.1) is 0 Å². The highest BCUT2D eigenvalue weighted by molar-refractivity contribution is 7.91.